The minimum absolute atomic E-state index is 0.207. The molecule has 1 heterocycles. The predicted molar refractivity (Wildman–Crippen MR) is 148 cm³/mol. The first-order valence-electron chi connectivity index (χ1n) is 12.0. The lowest BCUT2D eigenvalue weighted by atomic mass is 10.1. The fraction of sp³-hybridized carbons (Fsp3) is 0.100. The molecule has 1 amide bonds. The van der Waals surface area contributed by atoms with E-state index in [-0.39, 0.29) is 17.6 Å². The summed E-state index contributed by atoms with van der Waals surface area (Å²) in [6.45, 7) is 8.20. The van der Waals surface area contributed by atoms with Crippen LogP contribution in [0.15, 0.2) is 96.4 Å². The van der Waals surface area contributed by atoms with Crippen molar-refractivity contribution in [3.05, 3.63) is 120 Å². The number of phenolic OH excluding ortho intramolecular Hbond substituents is 1. The topological polar surface area (TPSA) is 105 Å². The molecule has 8 nitrogen and oxygen atoms in total. The lowest BCUT2D eigenvalue weighted by molar-refractivity contribution is 0.0950. The van der Waals surface area contributed by atoms with Crippen molar-refractivity contribution in [1.82, 2.24) is 10.9 Å². The van der Waals surface area contributed by atoms with Crippen molar-refractivity contribution in [2.75, 3.05) is 12.0 Å². The fourth-order valence-electron chi connectivity index (χ4n) is 3.60. The highest BCUT2D eigenvalue weighted by atomic mass is 16.7. The molecular formula is C30H29N3O5. The van der Waals surface area contributed by atoms with E-state index in [1.165, 1.54) is 0 Å². The number of rotatable bonds is 13. The lowest BCUT2D eigenvalue weighted by Crippen LogP contribution is -2.26. The molecule has 4 aromatic rings. The van der Waals surface area contributed by atoms with Crippen LogP contribution in [-0.4, -0.2) is 17.6 Å². The molecule has 0 aliphatic carbocycles. The number of benzene rings is 3. The van der Waals surface area contributed by atoms with E-state index in [2.05, 4.69) is 29.5 Å². The summed E-state index contributed by atoms with van der Waals surface area (Å²) in [5, 5.41) is 12.4. The molecule has 194 valence electrons. The van der Waals surface area contributed by atoms with Crippen molar-refractivity contribution in [3.8, 4) is 17.4 Å². The van der Waals surface area contributed by atoms with Crippen LogP contribution in [0.25, 0.3) is 12.2 Å². The van der Waals surface area contributed by atoms with Gasteiger partial charge in [-0.3, -0.25) is 10.2 Å². The van der Waals surface area contributed by atoms with E-state index in [4.69, 9.17) is 14.0 Å². The highest BCUT2D eigenvalue weighted by Gasteiger charge is 2.12. The van der Waals surface area contributed by atoms with E-state index in [9.17, 15) is 9.90 Å². The van der Waals surface area contributed by atoms with Crippen LogP contribution in [-0.2, 0) is 13.0 Å². The summed E-state index contributed by atoms with van der Waals surface area (Å²) in [7, 11) is 0. The third kappa shape index (κ3) is 7.05. The Labute approximate surface area is 221 Å². The normalized spacial score (nSPS) is 10.4. The minimum Gasteiger partial charge on any atom is -0.508 e. The smallest absolute Gasteiger partial charge is 0.308 e. The Balaban J connectivity index is 1.43. The summed E-state index contributed by atoms with van der Waals surface area (Å²) in [5.41, 5.74) is 9.33. The number of hydrogen-bond acceptors (Lipinski definition) is 7. The van der Waals surface area contributed by atoms with Crippen LogP contribution in [0.1, 0.15) is 32.8 Å². The molecule has 38 heavy (non-hydrogen) atoms. The minimum atomic E-state index is -0.225. The molecule has 0 spiro atoms. The molecule has 0 atom stereocenters. The highest BCUT2D eigenvalue weighted by molar-refractivity contribution is 5.95. The lowest BCUT2D eigenvalue weighted by Gasteiger charge is -2.15. The summed E-state index contributed by atoms with van der Waals surface area (Å²) < 4.78 is 11.6. The summed E-state index contributed by atoms with van der Waals surface area (Å²) in [5.74, 6) is 1.19. The Hall–Kier alpha value is -4.95. The number of carbonyl (C=O) groups excluding carboxylic acids is 1. The van der Waals surface area contributed by atoms with Crippen molar-refractivity contribution in [1.29, 1.82) is 0 Å². The molecule has 4 rings (SSSR count). The molecule has 4 N–H and O–H groups in total. The van der Waals surface area contributed by atoms with Gasteiger partial charge in [0, 0.05) is 30.2 Å². The van der Waals surface area contributed by atoms with Gasteiger partial charge in [0.15, 0.2) is 0 Å². The Bertz CT molecular complexity index is 1360. The molecule has 0 aliphatic rings. The molecule has 1 aromatic heterocycles. The second-order valence-electron chi connectivity index (χ2n) is 8.27. The molecule has 0 saturated carbocycles. The van der Waals surface area contributed by atoms with E-state index in [0.717, 1.165) is 16.7 Å². The molecule has 0 fully saturated rings. The van der Waals surface area contributed by atoms with Crippen LogP contribution < -0.4 is 25.9 Å². The molecule has 0 unspecified atom stereocenters. The molecule has 0 aliphatic heterocycles. The molecule has 8 heteroatoms. The molecule has 0 bridgehead atoms. The van der Waals surface area contributed by atoms with E-state index < -0.39 is 0 Å². The van der Waals surface area contributed by atoms with E-state index in [1.54, 1.807) is 48.6 Å². The number of amides is 1. The summed E-state index contributed by atoms with van der Waals surface area (Å²) in [4.78, 5) is 18.3. The first-order chi connectivity index (χ1) is 18.6. The van der Waals surface area contributed by atoms with Gasteiger partial charge in [0.25, 0.3) is 5.91 Å². The van der Waals surface area contributed by atoms with Crippen LogP contribution in [0.3, 0.4) is 0 Å². The van der Waals surface area contributed by atoms with Crippen molar-refractivity contribution in [2.45, 2.75) is 13.0 Å². The maximum Gasteiger partial charge on any atom is 0.308 e. The highest BCUT2D eigenvalue weighted by Crippen LogP contribution is 2.27. The van der Waals surface area contributed by atoms with Crippen molar-refractivity contribution < 1.29 is 23.9 Å². The molecule has 0 radical (unpaired) electrons. The van der Waals surface area contributed by atoms with Gasteiger partial charge in [0.05, 0.1) is 12.3 Å². The monoisotopic (exact) mass is 511 g/mol. The van der Waals surface area contributed by atoms with Crippen molar-refractivity contribution in [2.24, 2.45) is 0 Å². The molecule has 0 saturated heterocycles. The second kappa shape index (κ2) is 12.8. The predicted octanol–water partition coefficient (Wildman–Crippen LogP) is 5.73. The van der Waals surface area contributed by atoms with Crippen molar-refractivity contribution >= 4 is 23.7 Å². The maximum atomic E-state index is 12.8. The van der Waals surface area contributed by atoms with Gasteiger partial charge in [0.1, 0.15) is 17.3 Å². The SMILES string of the molecule is C=Cc1cc(ONNc2ccc(C(=O)NCc3ccccc3)cc2OCCc2ccc(O)cc2)oc1C=C. The van der Waals surface area contributed by atoms with Crippen LogP contribution in [0.4, 0.5) is 5.69 Å². The van der Waals surface area contributed by atoms with Crippen molar-refractivity contribution in [3.63, 3.8) is 0 Å². The molecular weight excluding hydrogens is 482 g/mol. The van der Waals surface area contributed by atoms with Crippen LogP contribution >= 0.6 is 0 Å². The quantitative estimate of drug-likeness (QED) is 0.170. The van der Waals surface area contributed by atoms with Gasteiger partial charge in [-0.15, -0.1) is 0 Å². The third-order valence-corrected chi connectivity index (χ3v) is 5.64. The van der Waals surface area contributed by atoms with Crippen LogP contribution in [0, 0.1) is 0 Å². The number of aromatic hydroxyl groups is 1. The zero-order valence-corrected chi connectivity index (χ0v) is 20.8. The zero-order valence-electron chi connectivity index (χ0n) is 20.8. The van der Waals surface area contributed by atoms with Gasteiger partial charge < -0.3 is 24.4 Å². The number of hydrogen-bond donors (Lipinski definition) is 4. The number of hydrazine groups is 1. The largest absolute Gasteiger partial charge is 0.508 e. The van der Waals surface area contributed by atoms with Gasteiger partial charge in [-0.05, 0) is 47.5 Å². The van der Waals surface area contributed by atoms with Crippen LogP contribution in [0.2, 0.25) is 0 Å². The Morgan fingerprint density at radius 2 is 1.74 bits per heavy atom. The number of ether oxygens (including phenoxy) is 1. The number of phenols is 1. The fourth-order valence-corrected chi connectivity index (χ4v) is 3.60. The van der Waals surface area contributed by atoms with Gasteiger partial charge in [0.2, 0.25) is 0 Å². The third-order valence-electron chi connectivity index (χ3n) is 5.64. The van der Waals surface area contributed by atoms with E-state index >= 15 is 0 Å². The zero-order chi connectivity index (χ0) is 26.7. The standard InChI is InChI=1S/C30H29N3O5/c1-3-23-19-29(37-27(23)4-2)38-33-32-26-15-12-24(30(35)31-20-22-8-6-5-7-9-22)18-28(26)36-17-16-21-10-13-25(34)14-11-21/h3-15,18-19,32-34H,1-2,16-17,20H2,(H,31,35). The van der Waals surface area contributed by atoms with Gasteiger partial charge in [-0.2, -0.15) is 0 Å². The Kier molecular flexibility index (Phi) is 8.83. The summed E-state index contributed by atoms with van der Waals surface area (Å²) >= 11 is 0. The summed E-state index contributed by atoms with van der Waals surface area (Å²) in [6.07, 6.45) is 3.82. The summed E-state index contributed by atoms with van der Waals surface area (Å²) in [6, 6.07) is 23.4. The average molecular weight is 512 g/mol. The van der Waals surface area contributed by atoms with Gasteiger partial charge in [-0.25, -0.2) is 0 Å². The van der Waals surface area contributed by atoms with Gasteiger partial charge in [-0.1, -0.05) is 67.3 Å². The average Bonchev–Trinajstić information content (AvgIpc) is 3.36. The Morgan fingerprint density at radius 3 is 2.45 bits per heavy atom. The Morgan fingerprint density at radius 1 is 0.947 bits per heavy atom. The number of carbonyl (C=O) groups is 1. The number of nitrogens with one attached hydrogen (secondary N) is 3. The second-order valence-corrected chi connectivity index (χ2v) is 8.27. The van der Waals surface area contributed by atoms with Crippen LogP contribution in [0.5, 0.6) is 17.4 Å². The van der Waals surface area contributed by atoms with E-state index in [0.29, 0.717) is 42.3 Å². The number of furan rings is 1. The maximum absolute atomic E-state index is 12.8. The molecule has 3 aromatic carbocycles. The van der Waals surface area contributed by atoms with E-state index in [1.807, 2.05) is 42.5 Å². The first kappa shape index (κ1) is 26.1. The first-order valence-corrected chi connectivity index (χ1v) is 12.0. The number of anilines is 1. The van der Waals surface area contributed by atoms with Gasteiger partial charge >= 0.3 is 5.95 Å².